The highest BCUT2D eigenvalue weighted by molar-refractivity contribution is 5.78. The maximum absolute atomic E-state index is 12.1. The summed E-state index contributed by atoms with van der Waals surface area (Å²) >= 11 is 0. The Hall–Kier alpha value is -1.10. The van der Waals surface area contributed by atoms with Crippen molar-refractivity contribution >= 4 is 11.9 Å². The van der Waals surface area contributed by atoms with Gasteiger partial charge in [-0.25, -0.2) is 0 Å². The van der Waals surface area contributed by atoms with E-state index in [2.05, 4.69) is 0 Å². The number of nitrogens with zero attached hydrogens (tertiary/aromatic N) is 1. The van der Waals surface area contributed by atoms with Gasteiger partial charge >= 0.3 is 5.97 Å². The van der Waals surface area contributed by atoms with Crippen molar-refractivity contribution in [1.82, 2.24) is 4.90 Å². The highest BCUT2D eigenvalue weighted by Gasteiger charge is 2.28. The van der Waals surface area contributed by atoms with E-state index in [1.807, 2.05) is 11.8 Å². The fraction of sp³-hybridized carbons (Fsp3) is 0.857. The van der Waals surface area contributed by atoms with Crippen molar-refractivity contribution in [2.45, 2.75) is 51.5 Å². The molecule has 0 aliphatic carbocycles. The number of hydrogen-bond acceptors (Lipinski definition) is 4. The molecular formula is C14H25NO4. The van der Waals surface area contributed by atoms with Crippen LogP contribution in [0.4, 0.5) is 0 Å². The van der Waals surface area contributed by atoms with Crippen LogP contribution in [0.2, 0.25) is 0 Å². The molecule has 1 rings (SSSR count). The van der Waals surface area contributed by atoms with Gasteiger partial charge in [0.1, 0.15) is 0 Å². The third kappa shape index (κ3) is 5.59. The molecule has 0 aromatic carbocycles. The van der Waals surface area contributed by atoms with Crippen molar-refractivity contribution in [3.63, 3.8) is 0 Å². The summed E-state index contributed by atoms with van der Waals surface area (Å²) in [6, 6.07) is -0.000116. The second-order valence-corrected chi connectivity index (χ2v) is 4.88. The molecule has 1 heterocycles. The van der Waals surface area contributed by atoms with Crippen LogP contribution in [0.15, 0.2) is 0 Å². The number of amides is 1. The maximum atomic E-state index is 12.1. The highest BCUT2D eigenvalue weighted by Crippen LogP contribution is 2.20. The minimum Gasteiger partial charge on any atom is -0.469 e. The summed E-state index contributed by atoms with van der Waals surface area (Å²) in [7, 11) is 1.38. The molecule has 19 heavy (non-hydrogen) atoms. The Kier molecular flexibility index (Phi) is 7.48. The van der Waals surface area contributed by atoms with E-state index >= 15 is 0 Å². The summed E-state index contributed by atoms with van der Waals surface area (Å²) < 4.78 is 10.0. The fourth-order valence-corrected chi connectivity index (χ4v) is 2.37. The van der Waals surface area contributed by atoms with Crippen molar-refractivity contribution in [3.05, 3.63) is 0 Å². The molecule has 5 heteroatoms. The molecule has 1 amide bonds. The number of carbonyl (C=O) groups is 2. The van der Waals surface area contributed by atoms with E-state index in [-0.39, 0.29) is 17.9 Å². The number of piperidine rings is 1. The summed E-state index contributed by atoms with van der Waals surface area (Å²) in [5, 5.41) is 0. The third-order valence-electron chi connectivity index (χ3n) is 3.39. The summed E-state index contributed by atoms with van der Waals surface area (Å²) in [5.41, 5.74) is 0. The van der Waals surface area contributed by atoms with Gasteiger partial charge < -0.3 is 14.4 Å². The second kappa shape index (κ2) is 8.91. The first kappa shape index (κ1) is 16.0. The Bertz CT molecular complexity index is 293. The molecule has 1 aliphatic rings. The van der Waals surface area contributed by atoms with Gasteiger partial charge in [-0.3, -0.25) is 9.59 Å². The quantitative estimate of drug-likeness (QED) is 0.523. The number of esters is 1. The molecule has 0 spiro atoms. The van der Waals surface area contributed by atoms with E-state index in [0.717, 1.165) is 32.2 Å². The van der Waals surface area contributed by atoms with E-state index < -0.39 is 0 Å². The third-order valence-corrected chi connectivity index (χ3v) is 3.39. The monoisotopic (exact) mass is 271 g/mol. The van der Waals surface area contributed by atoms with Gasteiger partial charge in [0.25, 0.3) is 0 Å². The molecule has 1 fully saturated rings. The lowest BCUT2D eigenvalue weighted by molar-refractivity contribution is -0.144. The molecule has 0 saturated carbocycles. The highest BCUT2D eigenvalue weighted by atomic mass is 16.5. The topological polar surface area (TPSA) is 55.8 Å². The van der Waals surface area contributed by atoms with Crippen molar-refractivity contribution in [3.8, 4) is 0 Å². The molecule has 1 unspecified atom stereocenters. The molecule has 1 atom stereocenters. The van der Waals surface area contributed by atoms with Gasteiger partial charge in [0.05, 0.1) is 26.6 Å². The average molecular weight is 271 g/mol. The van der Waals surface area contributed by atoms with Crippen LogP contribution in [0, 0.1) is 0 Å². The van der Waals surface area contributed by atoms with Crippen LogP contribution in [0.1, 0.15) is 45.4 Å². The molecule has 0 aromatic rings. The van der Waals surface area contributed by atoms with Crippen LogP contribution in [0.25, 0.3) is 0 Å². The average Bonchev–Trinajstić information content (AvgIpc) is 2.43. The van der Waals surface area contributed by atoms with Gasteiger partial charge in [0.15, 0.2) is 0 Å². The maximum Gasteiger partial charge on any atom is 0.307 e. The summed E-state index contributed by atoms with van der Waals surface area (Å²) in [4.78, 5) is 25.3. The van der Waals surface area contributed by atoms with E-state index in [0.29, 0.717) is 26.1 Å². The predicted molar refractivity (Wildman–Crippen MR) is 71.7 cm³/mol. The number of methoxy groups -OCH3 is 1. The summed E-state index contributed by atoms with van der Waals surface area (Å²) in [6.07, 6.45) is 4.63. The molecule has 0 bridgehead atoms. The molecule has 5 nitrogen and oxygen atoms in total. The molecule has 0 N–H and O–H groups in total. The van der Waals surface area contributed by atoms with E-state index in [1.165, 1.54) is 7.11 Å². The first-order valence-corrected chi connectivity index (χ1v) is 7.13. The van der Waals surface area contributed by atoms with Gasteiger partial charge in [0.2, 0.25) is 5.91 Å². The Balaban J connectivity index is 2.41. The largest absolute Gasteiger partial charge is 0.469 e. The Morgan fingerprint density at radius 1 is 1.26 bits per heavy atom. The Morgan fingerprint density at radius 3 is 2.74 bits per heavy atom. The van der Waals surface area contributed by atoms with Crippen LogP contribution in [-0.2, 0) is 19.1 Å². The van der Waals surface area contributed by atoms with Gasteiger partial charge in [-0.15, -0.1) is 0 Å². The summed E-state index contributed by atoms with van der Waals surface area (Å²) in [5.74, 6) is -0.156. The Morgan fingerprint density at radius 2 is 2.05 bits per heavy atom. The zero-order valence-electron chi connectivity index (χ0n) is 12.0. The van der Waals surface area contributed by atoms with Crippen molar-refractivity contribution in [2.24, 2.45) is 0 Å². The van der Waals surface area contributed by atoms with E-state index in [4.69, 9.17) is 9.47 Å². The van der Waals surface area contributed by atoms with Crippen LogP contribution in [0.5, 0.6) is 0 Å². The fourth-order valence-electron chi connectivity index (χ4n) is 2.37. The lowest BCUT2D eigenvalue weighted by Crippen LogP contribution is -2.45. The molecular weight excluding hydrogens is 246 g/mol. The zero-order valence-corrected chi connectivity index (χ0v) is 12.0. The summed E-state index contributed by atoms with van der Waals surface area (Å²) in [6.45, 7) is 3.94. The van der Waals surface area contributed by atoms with Gasteiger partial charge in [-0.2, -0.15) is 0 Å². The van der Waals surface area contributed by atoms with Crippen LogP contribution in [0.3, 0.4) is 0 Å². The van der Waals surface area contributed by atoms with Crippen LogP contribution < -0.4 is 0 Å². The lowest BCUT2D eigenvalue weighted by atomic mass is 9.99. The first-order chi connectivity index (χ1) is 9.19. The number of likely N-dealkylation sites (tertiary alicyclic amines) is 1. The van der Waals surface area contributed by atoms with Crippen LogP contribution in [-0.4, -0.2) is 49.7 Å². The van der Waals surface area contributed by atoms with Crippen molar-refractivity contribution in [1.29, 1.82) is 0 Å². The van der Waals surface area contributed by atoms with Crippen LogP contribution >= 0.6 is 0 Å². The molecule has 1 saturated heterocycles. The predicted octanol–water partition coefficient (Wildman–Crippen LogP) is 1.75. The van der Waals surface area contributed by atoms with Gasteiger partial charge in [-0.05, 0) is 25.7 Å². The normalized spacial score (nSPS) is 19.3. The standard InChI is InChI=1S/C14H25NO4/c1-3-9-19-10-7-13(16)15-8-5-4-6-12(15)11-14(17)18-2/h12H,3-11H2,1-2H3. The number of rotatable bonds is 7. The number of ether oxygens (including phenoxy) is 2. The molecule has 0 aromatic heterocycles. The Labute approximate surface area is 115 Å². The van der Waals surface area contributed by atoms with Crippen molar-refractivity contribution in [2.75, 3.05) is 26.9 Å². The first-order valence-electron chi connectivity index (χ1n) is 7.13. The van der Waals surface area contributed by atoms with E-state index in [9.17, 15) is 9.59 Å². The number of carbonyl (C=O) groups excluding carboxylic acids is 2. The van der Waals surface area contributed by atoms with Gasteiger partial charge in [0, 0.05) is 19.2 Å². The lowest BCUT2D eigenvalue weighted by Gasteiger charge is -2.35. The number of hydrogen-bond donors (Lipinski definition) is 0. The SMILES string of the molecule is CCCOCCC(=O)N1CCCCC1CC(=O)OC. The molecule has 0 radical (unpaired) electrons. The molecule has 110 valence electrons. The second-order valence-electron chi connectivity index (χ2n) is 4.88. The minimum atomic E-state index is -0.244. The molecule has 1 aliphatic heterocycles. The zero-order chi connectivity index (χ0) is 14.1. The smallest absolute Gasteiger partial charge is 0.307 e. The van der Waals surface area contributed by atoms with Gasteiger partial charge in [-0.1, -0.05) is 6.92 Å². The van der Waals surface area contributed by atoms with E-state index in [1.54, 1.807) is 0 Å². The minimum absolute atomic E-state index is 0.000116. The van der Waals surface area contributed by atoms with Crippen molar-refractivity contribution < 1.29 is 19.1 Å².